The lowest BCUT2D eigenvalue weighted by Gasteiger charge is -2.00. The van der Waals surface area contributed by atoms with Gasteiger partial charge in [0.25, 0.3) is 0 Å². The maximum Gasteiger partial charge on any atom is 0.125 e. The Morgan fingerprint density at radius 3 is 2.43 bits per heavy atom. The third kappa shape index (κ3) is 2.00. The van der Waals surface area contributed by atoms with Crippen molar-refractivity contribution in [2.75, 3.05) is 0 Å². The van der Waals surface area contributed by atoms with Crippen LogP contribution in [0.5, 0.6) is 5.75 Å². The highest BCUT2D eigenvalue weighted by molar-refractivity contribution is 5.85. The van der Waals surface area contributed by atoms with Crippen LogP contribution in [0.25, 0.3) is 11.3 Å². The van der Waals surface area contributed by atoms with Crippen molar-refractivity contribution in [2.45, 2.75) is 0 Å². The van der Waals surface area contributed by atoms with E-state index in [1.54, 1.807) is 30.5 Å². The zero-order valence-electron chi connectivity index (χ0n) is 7.29. The first-order valence-corrected chi connectivity index (χ1v) is 3.94. The molecule has 0 aliphatic carbocycles. The Hall–Kier alpha value is -1.61. The van der Waals surface area contributed by atoms with Crippen molar-refractivity contribution in [1.82, 2.24) is 10.2 Å². The van der Waals surface area contributed by atoms with Crippen molar-refractivity contribution in [3.05, 3.63) is 42.6 Å². The molecule has 0 spiro atoms. The highest BCUT2D eigenvalue weighted by Crippen LogP contribution is 2.25. The van der Waals surface area contributed by atoms with Gasteiger partial charge in [-0.1, -0.05) is 12.1 Å². The number of phenols is 1. The number of rotatable bonds is 1. The number of hydrogen-bond donors (Lipinski definition) is 1. The molecule has 0 unspecified atom stereocenters. The Morgan fingerprint density at radius 1 is 1.00 bits per heavy atom. The minimum atomic E-state index is 0. The van der Waals surface area contributed by atoms with E-state index in [0.29, 0.717) is 11.3 Å². The lowest BCUT2D eigenvalue weighted by atomic mass is 10.1. The molecule has 0 aliphatic heterocycles. The zero-order valence-corrected chi connectivity index (χ0v) is 8.11. The fraction of sp³-hybridized carbons (Fsp3) is 0. The summed E-state index contributed by atoms with van der Waals surface area (Å²) in [6.07, 6.45) is 1.60. The number of halogens is 1. The molecule has 1 heterocycles. The van der Waals surface area contributed by atoms with E-state index >= 15 is 0 Å². The summed E-state index contributed by atoms with van der Waals surface area (Å²) in [6.45, 7) is 0. The van der Waals surface area contributed by atoms with Gasteiger partial charge >= 0.3 is 0 Å². The Labute approximate surface area is 87.8 Å². The van der Waals surface area contributed by atoms with Crippen LogP contribution in [0.4, 0.5) is 0 Å². The molecule has 0 amide bonds. The lowest BCUT2D eigenvalue weighted by Crippen LogP contribution is -1.85. The largest absolute Gasteiger partial charge is 0.507 e. The van der Waals surface area contributed by atoms with Crippen LogP contribution in [0.2, 0.25) is 0 Å². The van der Waals surface area contributed by atoms with Gasteiger partial charge in [0.2, 0.25) is 0 Å². The van der Waals surface area contributed by atoms with E-state index < -0.39 is 0 Å². The molecular weight excluding hydrogens is 200 g/mol. The standard InChI is InChI=1S/C10H8N2O.ClH/c13-10-6-2-1-4-8(10)9-5-3-7-11-12-9;/h1-7,13H;1H. The highest BCUT2D eigenvalue weighted by Gasteiger charge is 2.02. The summed E-state index contributed by atoms with van der Waals surface area (Å²) >= 11 is 0. The Balaban J connectivity index is 0.000000980. The van der Waals surface area contributed by atoms with E-state index in [9.17, 15) is 5.11 Å². The first kappa shape index (κ1) is 10.5. The van der Waals surface area contributed by atoms with E-state index in [0.717, 1.165) is 0 Å². The second kappa shape index (κ2) is 4.58. The molecule has 4 heteroatoms. The third-order valence-corrected chi connectivity index (χ3v) is 1.75. The number of benzene rings is 1. The van der Waals surface area contributed by atoms with Gasteiger partial charge in [-0.15, -0.1) is 12.4 Å². The number of aromatic nitrogens is 2. The third-order valence-electron chi connectivity index (χ3n) is 1.75. The van der Waals surface area contributed by atoms with E-state index in [-0.39, 0.29) is 18.2 Å². The molecule has 1 aromatic carbocycles. The van der Waals surface area contributed by atoms with Crippen LogP contribution in [0, 0.1) is 0 Å². The molecule has 3 nitrogen and oxygen atoms in total. The minimum Gasteiger partial charge on any atom is -0.507 e. The van der Waals surface area contributed by atoms with Crippen LogP contribution in [0.15, 0.2) is 42.6 Å². The molecule has 72 valence electrons. The molecule has 0 atom stereocenters. The van der Waals surface area contributed by atoms with Crippen LogP contribution in [0.1, 0.15) is 0 Å². The van der Waals surface area contributed by atoms with Crippen molar-refractivity contribution in [1.29, 1.82) is 0 Å². The van der Waals surface area contributed by atoms with Crippen LogP contribution >= 0.6 is 12.4 Å². The summed E-state index contributed by atoms with van der Waals surface area (Å²) < 4.78 is 0. The van der Waals surface area contributed by atoms with Crippen molar-refractivity contribution in [3.8, 4) is 17.0 Å². The van der Waals surface area contributed by atoms with Gasteiger partial charge in [0.1, 0.15) is 5.75 Å². The molecule has 0 fully saturated rings. The summed E-state index contributed by atoms with van der Waals surface area (Å²) in [5.74, 6) is 0.225. The van der Waals surface area contributed by atoms with Crippen molar-refractivity contribution < 1.29 is 5.11 Å². The zero-order chi connectivity index (χ0) is 9.10. The molecule has 1 N–H and O–H groups in total. The smallest absolute Gasteiger partial charge is 0.125 e. The summed E-state index contributed by atoms with van der Waals surface area (Å²) in [6, 6.07) is 10.7. The predicted octanol–water partition coefficient (Wildman–Crippen LogP) is 2.27. The molecule has 0 saturated heterocycles. The predicted molar refractivity (Wildman–Crippen MR) is 56.4 cm³/mol. The quantitative estimate of drug-likeness (QED) is 0.782. The topological polar surface area (TPSA) is 46.0 Å². The van der Waals surface area contributed by atoms with Crippen molar-refractivity contribution >= 4 is 12.4 Å². The molecule has 0 bridgehead atoms. The average Bonchev–Trinajstić information content (AvgIpc) is 2.20. The molecule has 14 heavy (non-hydrogen) atoms. The summed E-state index contributed by atoms with van der Waals surface area (Å²) in [7, 11) is 0. The van der Waals surface area contributed by atoms with Crippen LogP contribution < -0.4 is 0 Å². The summed E-state index contributed by atoms with van der Waals surface area (Å²) in [4.78, 5) is 0. The first-order chi connectivity index (χ1) is 6.38. The normalized spacial score (nSPS) is 9.14. The highest BCUT2D eigenvalue weighted by atomic mass is 35.5. The maximum absolute atomic E-state index is 9.50. The van der Waals surface area contributed by atoms with Gasteiger partial charge in [0.05, 0.1) is 5.69 Å². The Bertz CT molecular complexity index is 406. The number of nitrogens with zero attached hydrogens (tertiary/aromatic N) is 2. The van der Waals surface area contributed by atoms with Gasteiger partial charge in [0, 0.05) is 11.8 Å². The fourth-order valence-electron chi connectivity index (χ4n) is 1.14. The average molecular weight is 209 g/mol. The lowest BCUT2D eigenvalue weighted by molar-refractivity contribution is 0.477. The molecule has 0 saturated carbocycles. The van der Waals surface area contributed by atoms with Crippen molar-refractivity contribution in [3.63, 3.8) is 0 Å². The molecule has 2 aromatic rings. The second-order valence-corrected chi connectivity index (χ2v) is 2.63. The van der Waals surface area contributed by atoms with Gasteiger partial charge < -0.3 is 5.11 Å². The number of phenolic OH excluding ortho intramolecular Hbond substituents is 1. The summed E-state index contributed by atoms with van der Waals surface area (Å²) in [5, 5.41) is 17.1. The van der Waals surface area contributed by atoms with E-state index in [2.05, 4.69) is 10.2 Å². The van der Waals surface area contributed by atoms with Crippen LogP contribution in [-0.2, 0) is 0 Å². The van der Waals surface area contributed by atoms with Crippen LogP contribution in [0.3, 0.4) is 0 Å². The Morgan fingerprint density at radius 2 is 1.79 bits per heavy atom. The first-order valence-electron chi connectivity index (χ1n) is 3.94. The van der Waals surface area contributed by atoms with Gasteiger partial charge in [-0.25, -0.2) is 0 Å². The van der Waals surface area contributed by atoms with Gasteiger partial charge in [-0.3, -0.25) is 0 Å². The SMILES string of the molecule is Cl.Oc1ccccc1-c1cccnn1. The second-order valence-electron chi connectivity index (χ2n) is 2.63. The molecule has 2 rings (SSSR count). The maximum atomic E-state index is 9.50. The molecule has 0 radical (unpaired) electrons. The van der Waals surface area contributed by atoms with Gasteiger partial charge in [-0.2, -0.15) is 10.2 Å². The van der Waals surface area contributed by atoms with E-state index in [1.165, 1.54) is 0 Å². The Kier molecular flexibility index (Phi) is 3.42. The van der Waals surface area contributed by atoms with Gasteiger partial charge in [0.15, 0.2) is 0 Å². The van der Waals surface area contributed by atoms with Crippen molar-refractivity contribution in [2.24, 2.45) is 0 Å². The minimum absolute atomic E-state index is 0. The molecule has 0 aliphatic rings. The number of para-hydroxylation sites is 1. The van der Waals surface area contributed by atoms with E-state index in [4.69, 9.17) is 0 Å². The number of aromatic hydroxyl groups is 1. The van der Waals surface area contributed by atoms with E-state index in [1.807, 2.05) is 12.1 Å². The monoisotopic (exact) mass is 208 g/mol. The molecular formula is C10H9ClN2O. The number of hydrogen-bond acceptors (Lipinski definition) is 3. The van der Waals surface area contributed by atoms with Crippen LogP contribution in [-0.4, -0.2) is 15.3 Å². The summed E-state index contributed by atoms with van der Waals surface area (Å²) in [5.41, 5.74) is 1.39. The fourth-order valence-corrected chi connectivity index (χ4v) is 1.14. The van der Waals surface area contributed by atoms with Gasteiger partial charge in [-0.05, 0) is 24.3 Å². The molecule has 1 aromatic heterocycles.